The average molecular weight is 642 g/mol. The molecule has 0 spiro atoms. The molecule has 0 amide bonds. The van der Waals surface area contributed by atoms with Crippen LogP contribution in [0.25, 0.3) is 0 Å². The van der Waals surface area contributed by atoms with E-state index in [1.807, 2.05) is 20.8 Å². The van der Waals surface area contributed by atoms with E-state index >= 15 is 0 Å². The van der Waals surface area contributed by atoms with Crippen LogP contribution in [0.4, 0.5) is 0 Å². The summed E-state index contributed by atoms with van der Waals surface area (Å²) in [4.78, 5) is 52.4. The number of halogens is 2. The van der Waals surface area contributed by atoms with E-state index < -0.39 is 56.9 Å². The molecule has 1 heterocycles. The highest BCUT2D eigenvalue weighted by molar-refractivity contribution is 6.29. The highest BCUT2D eigenvalue weighted by atomic mass is 35.5. The Morgan fingerprint density at radius 2 is 1.84 bits per heavy atom. The first-order valence-corrected chi connectivity index (χ1v) is 15.7. The number of rotatable bonds is 6. The minimum absolute atomic E-state index is 0.0326. The number of esters is 2. The molecule has 1 unspecified atom stereocenters. The number of furan rings is 1. The molecule has 3 saturated carbocycles. The minimum atomic E-state index is -1.67. The van der Waals surface area contributed by atoms with Crippen LogP contribution in [-0.4, -0.2) is 51.1 Å². The molecule has 4 aliphatic rings. The Morgan fingerprint density at radius 3 is 2.52 bits per heavy atom. The lowest BCUT2D eigenvalue weighted by atomic mass is 9.45. The minimum Gasteiger partial charge on any atom is -0.507 e. The summed E-state index contributed by atoms with van der Waals surface area (Å²) in [6.45, 7) is 5.72. The largest absolute Gasteiger partial charge is 0.507 e. The number of ether oxygens (including phenoxy) is 2. The van der Waals surface area contributed by atoms with Crippen molar-refractivity contribution in [3.63, 3.8) is 0 Å². The SMILES string of the molecule is C[C@@H]1C[C@H]2[C@@H]3CCC4=CC(=O)C=C[C@]4(C)C3(Cl)[C@@H](OC(=O)c3ccccc3O)C[C@]2(C)[C@@]1(OC(=O)c1ccco1)C(=O)CCl. The molecule has 232 valence electrons. The van der Waals surface area contributed by atoms with Gasteiger partial charge in [0.05, 0.1) is 17.0 Å². The van der Waals surface area contributed by atoms with Gasteiger partial charge in [0.25, 0.3) is 0 Å². The molecule has 8 atom stereocenters. The van der Waals surface area contributed by atoms with Crippen molar-refractivity contribution in [2.45, 2.75) is 63.0 Å². The predicted octanol–water partition coefficient (Wildman–Crippen LogP) is 6.44. The lowest BCUT2D eigenvalue weighted by Crippen LogP contribution is -2.70. The maximum absolute atomic E-state index is 14.0. The second-order valence-electron chi connectivity index (χ2n) is 13.0. The van der Waals surface area contributed by atoms with Gasteiger partial charge in [0.15, 0.2) is 17.2 Å². The maximum Gasteiger partial charge on any atom is 0.375 e. The quantitative estimate of drug-likeness (QED) is 0.283. The smallest absolute Gasteiger partial charge is 0.375 e. The van der Waals surface area contributed by atoms with Gasteiger partial charge in [0.2, 0.25) is 5.76 Å². The number of allylic oxidation sites excluding steroid dienone is 4. The van der Waals surface area contributed by atoms with Gasteiger partial charge in [-0.25, -0.2) is 9.59 Å². The summed E-state index contributed by atoms with van der Waals surface area (Å²) in [5.41, 5.74) is -2.78. The molecule has 1 N–H and O–H groups in total. The fourth-order valence-electron chi connectivity index (χ4n) is 9.02. The van der Waals surface area contributed by atoms with Crippen LogP contribution in [0, 0.1) is 28.6 Å². The summed E-state index contributed by atoms with van der Waals surface area (Å²) in [5, 5.41) is 10.5. The topological polar surface area (TPSA) is 120 Å². The Kier molecular flexibility index (Phi) is 7.40. The van der Waals surface area contributed by atoms with E-state index in [1.54, 1.807) is 30.4 Å². The number of phenolic OH excluding ortho intramolecular Hbond substituents is 1. The Balaban J connectivity index is 1.51. The van der Waals surface area contributed by atoms with E-state index in [2.05, 4.69) is 0 Å². The molecule has 1 aromatic carbocycles. The van der Waals surface area contributed by atoms with Gasteiger partial charge in [-0.05, 0) is 73.9 Å². The highest BCUT2D eigenvalue weighted by Crippen LogP contribution is 2.72. The van der Waals surface area contributed by atoms with Gasteiger partial charge in [-0.15, -0.1) is 23.2 Å². The van der Waals surface area contributed by atoms with Crippen LogP contribution < -0.4 is 0 Å². The van der Waals surface area contributed by atoms with Crippen molar-refractivity contribution in [3.8, 4) is 5.75 Å². The molecule has 1 aromatic heterocycles. The molecule has 0 aliphatic heterocycles. The van der Waals surface area contributed by atoms with E-state index in [0.717, 1.165) is 5.57 Å². The van der Waals surface area contributed by atoms with Gasteiger partial charge in [-0.2, -0.15) is 0 Å². The molecular formula is C34H34Cl2O8. The Hall–Kier alpha value is -3.36. The van der Waals surface area contributed by atoms with E-state index in [9.17, 15) is 24.3 Å². The number of fused-ring (bicyclic) bond motifs is 5. The van der Waals surface area contributed by atoms with Crippen molar-refractivity contribution < 1.29 is 38.2 Å². The maximum atomic E-state index is 14.0. The van der Waals surface area contributed by atoms with E-state index in [0.29, 0.717) is 19.3 Å². The number of benzene rings is 1. The van der Waals surface area contributed by atoms with Crippen LogP contribution in [0.3, 0.4) is 0 Å². The summed E-state index contributed by atoms with van der Waals surface area (Å²) >= 11 is 14.1. The number of carbonyl (C=O) groups is 4. The fraction of sp³-hybridized carbons (Fsp3) is 0.471. The number of aromatic hydroxyl groups is 1. The number of hydrogen-bond donors (Lipinski definition) is 1. The molecule has 4 aliphatic carbocycles. The van der Waals surface area contributed by atoms with Gasteiger partial charge >= 0.3 is 11.9 Å². The standard InChI is InChI=1S/C34H34Cl2O8/c1-19-15-24-23-11-10-20-16-21(37)12-13-31(20,2)33(23,36)28(43-29(40)22-7-4-5-8-25(22)38)17-32(24,3)34(19,27(39)18-35)44-30(41)26-9-6-14-42-26/h4-9,12-14,16,19,23-24,28,38H,10-11,15,17-18H2,1-3H3/t19-,23+,24+,28+,31+,32+,33?,34+/m1/s1. The van der Waals surface area contributed by atoms with E-state index in [-0.39, 0.29) is 41.1 Å². The van der Waals surface area contributed by atoms with Gasteiger partial charge in [-0.3, -0.25) is 9.59 Å². The van der Waals surface area contributed by atoms with Crippen LogP contribution in [0.1, 0.15) is 67.4 Å². The fourth-order valence-corrected chi connectivity index (χ4v) is 9.78. The van der Waals surface area contributed by atoms with Crippen LogP contribution in [0.2, 0.25) is 0 Å². The second kappa shape index (κ2) is 10.6. The lowest BCUT2D eigenvalue weighted by Gasteiger charge is -2.64. The highest BCUT2D eigenvalue weighted by Gasteiger charge is 2.77. The van der Waals surface area contributed by atoms with Crippen molar-refractivity contribution in [1.82, 2.24) is 0 Å². The Bertz CT molecular complexity index is 1600. The van der Waals surface area contributed by atoms with Crippen molar-refractivity contribution in [1.29, 1.82) is 0 Å². The monoisotopic (exact) mass is 640 g/mol. The number of hydrogen-bond acceptors (Lipinski definition) is 8. The van der Waals surface area contributed by atoms with Crippen molar-refractivity contribution in [2.24, 2.45) is 28.6 Å². The normalized spacial score (nSPS) is 37.3. The van der Waals surface area contributed by atoms with Crippen LogP contribution in [0.5, 0.6) is 5.75 Å². The molecule has 0 saturated heterocycles. The predicted molar refractivity (Wildman–Crippen MR) is 162 cm³/mol. The zero-order chi connectivity index (χ0) is 31.7. The van der Waals surface area contributed by atoms with Crippen molar-refractivity contribution in [3.05, 3.63) is 77.8 Å². The third kappa shape index (κ3) is 4.09. The van der Waals surface area contributed by atoms with Crippen molar-refractivity contribution in [2.75, 3.05) is 5.88 Å². The number of para-hydroxylation sites is 1. The molecule has 44 heavy (non-hydrogen) atoms. The summed E-state index contributed by atoms with van der Waals surface area (Å²) in [6, 6.07) is 9.09. The van der Waals surface area contributed by atoms with Gasteiger partial charge in [0.1, 0.15) is 17.4 Å². The van der Waals surface area contributed by atoms with Gasteiger partial charge in [-0.1, -0.05) is 44.6 Å². The molecular weight excluding hydrogens is 607 g/mol. The number of carbonyl (C=O) groups excluding carboxylic acids is 4. The third-order valence-electron chi connectivity index (χ3n) is 11.0. The number of ketones is 2. The van der Waals surface area contributed by atoms with Crippen LogP contribution in [0.15, 0.2) is 70.9 Å². The molecule has 3 fully saturated rings. The zero-order valence-corrected chi connectivity index (χ0v) is 26.2. The summed E-state index contributed by atoms with van der Waals surface area (Å²) in [6.07, 6.45) is 6.93. The molecule has 6 rings (SSSR count). The molecule has 0 bridgehead atoms. The van der Waals surface area contributed by atoms with Crippen LogP contribution in [-0.2, 0) is 19.1 Å². The number of alkyl halides is 2. The first kappa shape index (κ1) is 30.7. The molecule has 8 nitrogen and oxygen atoms in total. The third-order valence-corrected chi connectivity index (χ3v) is 12.2. The molecule has 2 aromatic rings. The average Bonchev–Trinajstić information content (AvgIpc) is 3.60. The lowest BCUT2D eigenvalue weighted by molar-refractivity contribution is -0.177. The zero-order valence-electron chi connectivity index (χ0n) is 24.7. The number of Topliss-reactive ketones (excluding diaryl/α,β-unsaturated/α-hetero) is 1. The molecule has 0 radical (unpaired) electrons. The first-order chi connectivity index (χ1) is 20.8. The summed E-state index contributed by atoms with van der Waals surface area (Å²) < 4.78 is 17.8. The van der Waals surface area contributed by atoms with E-state index in [1.165, 1.54) is 30.5 Å². The van der Waals surface area contributed by atoms with Crippen molar-refractivity contribution >= 4 is 46.7 Å². The number of phenols is 1. The second-order valence-corrected chi connectivity index (χ2v) is 13.8. The molecule has 10 heteroatoms. The van der Waals surface area contributed by atoms with E-state index in [4.69, 9.17) is 37.1 Å². The Labute approximate surface area is 265 Å². The summed E-state index contributed by atoms with van der Waals surface area (Å²) in [7, 11) is 0. The van der Waals surface area contributed by atoms with Gasteiger partial charge in [0, 0.05) is 16.7 Å². The first-order valence-electron chi connectivity index (χ1n) is 14.8. The van der Waals surface area contributed by atoms with Crippen LogP contribution >= 0.6 is 23.2 Å². The van der Waals surface area contributed by atoms with Gasteiger partial charge < -0.3 is 19.0 Å². The summed E-state index contributed by atoms with van der Waals surface area (Å²) in [5.74, 6) is -3.86. The Morgan fingerprint density at radius 1 is 1.09 bits per heavy atom.